The highest BCUT2D eigenvalue weighted by atomic mass is 16.5. The molecule has 2 rings (SSSR count). The summed E-state index contributed by atoms with van der Waals surface area (Å²) in [6.45, 7) is 8.35. The van der Waals surface area contributed by atoms with Gasteiger partial charge >= 0.3 is 0 Å². The van der Waals surface area contributed by atoms with E-state index in [1.807, 2.05) is 42.7 Å². The summed E-state index contributed by atoms with van der Waals surface area (Å²) in [6, 6.07) is 5.95. The molecule has 0 radical (unpaired) electrons. The van der Waals surface area contributed by atoms with Gasteiger partial charge in [-0.05, 0) is 37.6 Å². The summed E-state index contributed by atoms with van der Waals surface area (Å²) in [4.78, 5) is 4.55. The van der Waals surface area contributed by atoms with E-state index in [1.165, 1.54) is 0 Å². The molecule has 0 aliphatic carbocycles. The summed E-state index contributed by atoms with van der Waals surface area (Å²) in [7, 11) is 1.67. The molecule has 100 valence electrons. The Morgan fingerprint density at radius 3 is 2.74 bits per heavy atom. The predicted octanol–water partition coefficient (Wildman–Crippen LogP) is 2.94. The second kappa shape index (κ2) is 5.18. The highest BCUT2D eigenvalue weighted by molar-refractivity contribution is 5.72. The fraction of sp³-hybridized carbons (Fsp3) is 0.267. The first-order valence-electron chi connectivity index (χ1n) is 6.17. The number of imidazole rings is 1. The molecule has 0 atom stereocenters. The number of methoxy groups -OCH3 is 1. The van der Waals surface area contributed by atoms with Crippen molar-refractivity contribution < 1.29 is 4.74 Å². The summed E-state index contributed by atoms with van der Waals surface area (Å²) in [5.41, 5.74) is 9.04. The number of hydrogen-bond donors (Lipinski definition) is 1. The van der Waals surface area contributed by atoms with Gasteiger partial charge in [-0.3, -0.25) is 0 Å². The molecule has 2 aromatic rings. The largest absolute Gasteiger partial charge is 0.496 e. The number of nitrogens with two attached hydrogens (primary N) is 1. The molecule has 1 aromatic carbocycles. The number of rotatable bonds is 4. The van der Waals surface area contributed by atoms with Crippen LogP contribution in [-0.2, 0) is 6.54 Å². The van der Waals surface area contributed by atoms with Gasteiger partial charge in [0.2, 0.25) is 0 Å². The third-order valence-electron chi connectivity index (χ3n) is 3.18. The maximum absolute atomic E-state index is 6.16. The summed E-state index contributed by atoms with van der Waals surface area (Å²) < 4.78 is 7.21. The molecule has 19 heavy (non-hydrogen) atoms. The lowest BCUT2D eigenvalue weighted by Crippen LogP contribution is -2.03. The van der Waals surface area contributed by atoms with Crippen molar-refractivity contribution >= 4 is 5.82 Å². The van der Waals surface area contributed by atoms with Crippen molar-refractivity contribution in [2.45, 2.75) is 20.4 Å². The molecule has 0 saturated carbocycles. The van der Waals surface area contributed by atoms with E-state index in [4.69, 9.17) is 10.5 Å². The van der Waals surface area contributed by atoms with E-state index in [-0.39, 0.29) is 0 Å². The van der Waals surface area contributed by atoms with Gasteiger partial charge in [0.15, 0.2) is 0 Å². The number of nitrogen functional groups attached to an aromatic ring is 1. The zero-order valence-electron chi connectivity index (χ0n) is 11.6. The van der Waals surface area contributed by atoms with Crippen molar-refractivity contribution in [3.05, 3.63) is 42.2 Å². The van der Waals surface area contributed by atoms with Crippen molar-refractivity contribution in [1.29, 1.82) is 0 Å². The van der Waals surface area contributed by atoms with Crippen LogP contribution in [0.1, 0.15) is 11.4 Å². The Hall–Kier alpha value is -2.23. The van der Waals surface area contributed by atoms with Crippen LogP contribution >= 0.6 is 0 Å². The van der Waals surface area contributed by atoms with Crippen molar-refractivity contribution in [2.24, 2.45) is 0 Å². The highest BCUT2D eigenvalue weighted by Crippen LogP contribution is 2.29. The van der Waals surface area contributed by atoms with E-state index in [2.05, 4.69) is 11.6 Å². The van der Waals surface area contributed by atoms with Crippen LogP contribution < -0.4 is 10.5 Å². The van der Waals surface area contributed by atoms with Crippen molar-refractivity contribution in [2.75, 3.05) is 12.8 Å². The number of allylic oxidation sites excluding steroid dienone is 1. The molecule has 0 fully saturated rings. The van der Waals surface area contributed by atoms with Crippen LogP contribution in [0.3, 0.4) is 0 Å². The van der Waals surface area contributed by atoms with Crippen LogP contribution in [-0.4, -0.2) is 16.7 Å². The van der Waals surface area contributed by atoms with E-state index in [9.17, 15) is 0 Å². The number of nitrogens with zero attached hydrogens (tertiary/aromatic N) is 2. The molecule has 1 aromatic heterocycles. The lowest BCUT2D eigenvalue weighted by Gasteiger charge is -2.07. The number of aryl methyl sites for hydroxylation is 2. The smallest absolute Gasteiger partial charge is 0.132 e. The summed E-state index contributed by atoms with van der Waals surface area (Å²) in [5.74, 6) is 2.42. The molecule has 4 nitrogen and oxygen atoms in total. The molecule has 0 aliphatic heterocycles. The van der Waals surface area contributed by atoms with Crippen LogP contribution in [0.4, 0.5) is 5.82 Å². The lowest BCUT2D eigenvalue weighted by molar-refractivity contribution is 0.412. The Morgan fingerprint density at radius 2 is 2.16 bits per heavy atom. The number of aromatic nitrogens is 2. The van der Waals surface area contributed by atoms with Gasteiger partial charge < -0.3 is 15.0 Å². The fourth-order valence-corrected chi connectivity index (χ4v) is 2.18. The van der Waals surface area contributed by atoms with E-state index in [1.54, 1.807) is 7.11 Å². The second-order valence-corrected chi connectivity index (χ2v) is 4.48. The molecule has 0 amide bonds. The third kappa shape index (κ3) is 2.34. The Morgan fingerprint density at radius 1 is 1.42 bits per heavy atom. The van der Waals surface area contributed by atoms with Crippen molar-refractivity contribution in [3.8, 4) is 17.0 Å². The first-order valence-corrected chi connectivity index (χ1v) is 6.17. The van der Waals surface area contributed by atoms with Crippen LogP contribution in [0.5, 0.6) is 5.75 Å². The first kappa shape index (κ1) is 13.2. The zero-order valence-corrected chi connectivity index (χ0v) is 11.6. The van der Waals surface area contributed by atoms with Gasteiger partial charge in [0.25, 0.3) is 0 Å². The topological polar surface area (TPSA) is 53.1 Å². The Kier molecular flexibility index (Phi) is 3.60. The lowest BCUT2D eigenvalue weighted by atomic mass is 10.1. The molecule has 0 bridgehead atoms. The minimum absolute atomic E-state index is 0.666. The van der Waals surface area contributed by atoms with Gasteiger partial charge in [-0.15, -0.1) is 6.58 Å². The zero-order chi connectivity index (χ0) is 14.0. The minimum atomic E-state index is 0.666. The van der Waals surface area contributed by atoms with Crippen LogP contribution in [0.2, 0.25) is 0 Å². The monoisotopic (exact) mass is 257 g/mol. The van der Waals surface area contributed by atoms with E-state index < -0.39 is 0 Å². The van der Waals surface area contributed by atoms with Crippen molar-refractivity contribution in [3.63, 3.8) is 0 Å². The molecule has 1 heterocycles. The van der Waals surface area contributed by atoms with E-state index in [0.29, 0.717) is 12.4 Å². The van der Waals surface area contributed by atoms with Gasteiger partial charge in [-0.2, -0.15) is 0 Å². The van der Waals surface area contributed by atoms with Gasteiger partial charge in [-0.25, -0.2) is 4.98 Å². The van der Waals surface area contributed by atoms with Crippen LogP contribution in [0.25, 0.3) is 11.3 Å². The van der Waals surface area contributed by atoms with Gasteiger partial charge in [0.05, 0.1) is 7.11 Å². The summed E-state index contributed by atoms with van der Waals surface area (Å²) >= 11 is 0. The number of anilines is 1. The predicted molar refractivity (Wildman–Crippen MR) is 78.3 cm³/mol. The average molecular weight is 257 g/mol. The average Bonchev–Trinajstić information content (AvgIpc) is 2.67. The van der Waals surface area contributed by atoms with E-state index in [0.717, 1.165) is 28.4 Å². The van der Waals surface area contributed by atoms with Gasteiger partial charge in [-0.1, -0.05) is 6.08 Å². The summed E-state index contributed by atoms with van der Waals surface area (Å²) in [5, 5.41) is 0. The van der Waals surface area contributed by atoms with Crippen LogP contribution in [0, 0.1) is 13.8 Å². The molecular formula is C15H19N3O. The number of hydrogen-bond acceptors (Lipinski definition) is 3. The number of ether oxygens (including phenoxy) is 1. The minimum Gasteiger partial charge on any atom is -0.496 e. The SMILES string of the molecule is C=CCn1c(C)nc(-c2ccc(OC)c(C)c2)c1N. The normalized spacial score (nSPS) is 10.5. The quantitative estimate of drug-likeness (QED) is 0.857. The standard InChI is InChI=1S/C15H19N3O/c1-5-8-18-11(3)17-14(15(18)16)12-6-7-13(19-4)10(2)9-12/h5-7,9H,1,8,16H2,2-4H3. The Balaban J connectivity index is 2.50. The molecule has 0 saturated heterocycles. The molecule has 0 spiro atoms. The fourth-order valence-electron chi connectivity index (χ4n) is 2.18. The van der Waals surface area contributed by atoms with E-state index >= 15 is 0 Å². The Labute approximate surface area is 113 Å². The number of benzene rings is 1. The van der Waals surface area contributed by atoms with Gasteiger partial charge in [0.1, 0.15) is 23.1 Å². The molecule has 2 N–H and O–H groups in total. The summed E-state index contributed by atoms with van der Waals surface area (Å²) in [6.07, 6.45) is 1.81. The molecule has 4 heteroatoms. The first-order chi connectivity index (χ1) is 9.08. The maximum atomic E-state index is 6.16. The van der Waals surface area contributed by atoms with Crippen molar-refractivity contribution in [1.82, 2.24) is 9.55 Å². The molecule has 0 aliphatic rings. The Bertz CT molecular complexity index is 614. The van der Waals surface area contributed by atoms with Gasteiger partial charge in [0, 0.05) is 12.1 Å². The highest BCUT2D eigenvalue weighted by Gasteiger charge is 2.13. The second-order valence-electron chi connectivity index (χ2n) is 4.48. The third-order valence-corrected chi connectivity index (χ3v) is 3.18. The molecule has 0 unspecified atom stereocenters. The maximum Gasteiger partial charge on any atom is 0.132 e. The molecular weight excluding hydrogens is 238 g/mol. The van der Waals surface area contributed by atoms with Crippen LogP contribution in [0.15, 0.2) is 30.9 Å².